The number of methoxy groups -OCH3 is 1. The molecule has 3 heterocycles. The number of carbonyl (C=O) groups is 1. The van der Waals surface area contributed by atoms with Crippen LogP contribution >= 0.6 is 11.6 Å². The Labute approximate surface area is 222 Å². The maximum atomic E-state index is 12.9. The van der Waals surface area contributed by atoms with E-state index < -0.39 is 0 Å². The Hall–Kier alpha value is -3.56. The Morgan fingerprint density at radius 3 is 2.73 bits per heavy atom. The molecular formula is C27H32ClN7O2. The number of hydrogen-bond donors (Lipinski definition) is 2. The SMILES string of the molecule is COc1cc(N2CC[C@@H](N(C)C)C2)ccc1Nc1ncc(Cl)c(Nc2cccc3c2C(=O)N(C)CC3)n1. The van der Waals surface area contributed by atoms with E-state index in [4.69, 9.17) is 16.3 Å². The summed E-state index contributed by atoms with van der Waals surface area (Å²) in [7, 11) is 7.71. The van der Waals surface area contributed by atoms with Crippen molar-refractivity contribution < 1.29 is 9.53 Å². The van der Waals surface area contributed by atoms with Crippen LogP contribution in [-0.4, -0.2) is 79.6 Å². The zero-order valence-electron chi connectivity index (χ0n) is 21.6. The summed E-state index contributed by atoms with van der Waals surface area (Å²) in [6.07, 6.45) is 3.48. The zero-order chi connectivity index (χ0) is 26.1. The van der Waals surface area contributed by atoms with Crippen LogP contribution in [0.5, 0.6) is 5.75 Å². The summed E-state index contributed by atoms with van der Waals surface area (Å²) in [5.74, 6) is 1.45. The Bertz CT molecular complexity index is 1320. The number of amides is 1. The lowest BCUT2D eigenvalue weighted by Crippen LogP contribution is -2.34. The first-order valence-electron chi connectivity index (χ1n) is 12.4. The van der Waals surface area contributed by atoms with Crippen molar-refractivity contribution in [3.8, 4) is 5.75 Å². The predicted octanol–water partition coefficient (Wildman–Crippen LogP) is 4.39. The van der Waals surface area contributed by atoms with E-state index in [0.717, 1.165) is 42.9 Å². The molecule has 2 aromatic carbocycles. The van der Waals surface area contributed by atoms with Crippen LogP contribution in [0.1, 0.15) is 22.3 Å². The average Bonchev–Trinajstić information content (AvgIpc) is 3.39. The summed E-state index contributed by atoms with van der Waals surface area (Å²) >= 11 is 6.44. The second-order valence-corrected chi connectivity index (χ2v) is 10.1. The Morgan fingerprint density at radius 1 is 1.14 bits per heavy atom. The van der Waals surface area contributed by atoms with E-state index >= 15 is 0 Å². The van der Waals surface area contributed by atoms with Gasteiger partial charge in [0.1, 0.15) is 10.8 Å². The molecule has 0 unspecified atom stereocenters. The number of nitrogens with one attached hydrogen (secondary N) is 2. The van der Waals surface area contributed by atoms with Crippen LogP contribution < -0.4 is 20.3 Å². The van der Waals surface area contributed by atoms with Gasteiger partial charge in [0.05, 0.1) is 30.2 Å². The van der Waals surface area contributed by atoms with E-state index in [0.29, 0.717) is 46.4 Å². The number of fused-ring (bicyclic) bond motifs is 1. The fourth-order valence-corrected chi connectivity index (χ4v) is 5.02. The summed E-state index contributed by atoms with van der Waals surface area (Å²) in [6, 6.07) is 12.4. The van der Waals surface area contributed by atoms with E-state index in [1.807, 2.05) is 37.4 Å². The van der Waals surface area contributed by atoms with Gasteiger partial charge >= 0.3 is 0 Å². The van der Waals surface area contributed by atoms with Gasteiger partial charge in [0.15, 0.2) is 5.82 Å². The molecule has 0 aliphatic carbocycles. The van der Waals surface area contributed by atoms with Crippen molar-refractivity contribution in [3.63, 3.8) is 0 Å². The van der Waals surface area contributed by atoms with E-state index in [2.05, 4.69) is 50.6 Å². The normalized spacial score (nSPS) is 17.2. The van der Waals surface area contributed by atoms with Crippen LogP contribution in [-0.2, 0) is 6.42 Å². The summed E-state index contributed by atoms with van der Waals surface area (Å²) in [5.41, 5.74) is 4.20. The van der Waals surface area contributed by atoms with Crippen LogP contribution in [0.15, 0.2) is 42.6 Å². The third-order valence-corrected chi connectivity index (χ3v) is 7.39. The molecule has 37 heavy (non-hydrogen) atoms. The standard InChI is InChI=1S/C27H32ClN7O2/c1-33(2)19-11-13-35(16-19)18-8-9-21(23(14-18)37-4)31-27-29-15-20(28)25(32-27)30-22-7-5-6-17-10-12-34(3)26(36)24(17)22/h5-9,14-15,19H,10-13,16H2,1-4H3,(H2,29,30,31,32)/t19-/m1/s1. The van der Waals surface area contributed by atoms with Crippen molar-refractivity contribution in [2.45, 2.75) is 18.9 Å². The molecule has 2 N–H and O–H groups in total. The van der Waals surface area contributed by atoms with Gasteiger partial charge in [-0.25, -0.2) is 4.98 Å². The van der Waals surface area contributed by atoms with Gasteiger partial charge in [-0.1, -0.05) is 23.7 Å². The molecule has 0 saturated carbocycles. The zero-order valence-corrected chi connectivity index (χ0v) is 22.3. The third-order valence-electron chi connectivity index (χ3n) is 7.12. The number of hydrogen-bond acceptors (Lipinski definition) is 8. The van der Waals surface area contributed by atoms with Crippen LogP contribution in [0.2, 0.25) is 5.02 Å². The average molecular weight is 522 g/mol. The van der Waals surface area contributed by atoms with Crippen LogP contribution in [0, 0.1) is 0 Å². The molecule has 0 bridgehead atoms. The molecule has 194 valence electrons. The summed E-state index contributed by atoms with van der Waals surface area (Å²) in [4.78, 5) is 28.2. The molecular weight excluding hydrogens is 490 g/mol. The van der Waals surface area contributed by atoms with Gasteiger partial charge in [0.2, 0.25) is 5.95 Å². The lowest BCUT2D eigenvalue weighted by Gasteiger charge is -2.26. The fourth-order valence-electron chi connectivity index (χ4n) is 4.89. The van der Waals surface area contributed by atoms with Crippen molar-refractivity contribution in [3.05, 3.63) is 58.7 Å². The molecule has 1 amide bonds. The lowest BCUT2D eigenvalue weighted by molar-refractivity contribution is 0.0782. The van der Waals surface area contributed by atoms with Gasteiger partial charge in [-0.2, -0.15) is 4.98 Å². The Balaban J connectivity index is 1.37. The molecule has 9 nitrogen and oxygen atoms in total. The number of ether oxygens (including phenoxy) is 1. The van der Waals surface area contributed by atoms with Crippen molar-refractivity contribution in [1.29, 1.82) is 0 Å². The lowest BCUT2D eigenvalue weighted by atomic mass is 9.97. The highest BCUT2D eigenvalue weighted by Gasteiger charge is 2.26. The number of rotatable bonds is 7. The van der Waals surface area contributed by atoms with Gasteiger partial charge in [-0.15, -0.1) is 0 Å². The van der Waals surface area contributed by atoms with E-state index in [1.54, 1.807) is 12.0 Å². The summed E-state index contributed by atoms with van der Waals surface area (Å²) < 4.78 is 5.69. The number of likely N-dealkylation sites (N-methyl/N-ethyl adjacent to an activating group) is 2. The highest BCUT2D eigenvalue weighted by molar-refractivity contribution is 6.33. The number of anilines is 5. The van der Waals surface area contributed by atoms with E-state index in [1.165, 1.54) is 6.20 Å². The first-order valence-corrected chi connectivity index (χ1v) is 12.7. The molecule has 10 heteroatoms. The highest BCUT2D eigenvalue weighted by Crippen LogP contribution is 2.35. The number of nitrogens with zero attached hydrogens (tertiary/aromatic N) is 5. The second kappa shape index (κ2) is 10.4. The van der Waals surface area contributed by atoms with E-state index in [9.17, 15) is 4.79 Å². The van der Waals surface area contributed by atoms with Gasteiger partial charge in [-0.05, 0) is 50.7 Å². The maximum absolute atomic E-state index is 12.9. The van der Waals surface area contributed by atoms with Crippen LogP contribution in [0.25, 0.3) is 0 Å². The fraction of sp³-hybridized carbons (Fsp3) is 0.370. The van der Waals surface area contributed by atoms with Crippen molar-refractivity contribution >= 4 is 46.3 Å². The topological polar surface area (TPSA) is 85.9 Å². The van der Waals surface area contributed by atoms with Crippen molar-refractivity contribution in [2.24, 2.45) is 0 Å². The smallest absolute Gasteiger partial charge is 0.255 e. The Morgan fingerprint density at radius 2 is 1.97 bits per heavy atom. The quantitative estimate of drug-likeness (QED) is 0.473. The largest absolute Gasteiger partial charge is 0.494 e. The summed E-state index contributed by atoms with van der Waals surface area (Å²) in [6.45, 7) is 2.70. The first kappa shape index (κ1) is 25.1. The number of halogens is 1. The molecule has 1 atom stereocenters. The molecule has 1 aromatic heterocycles. The molecule has 1 saturated heterocycles. The van der Waals surface area contributed by atoms with Crippen molar-refractivity contribution in [2.75, 3.05) is 63.4 Å². The minimum atomic E-state index is -0.0207. The molecule has 0 spiro atoms. The van der Waals surface area contributed by atoms with Crippen molar-refractivity contribution in [1.82, 2.24) is 19.8 Å². The monoisotopic (exact) mass is 521 g/mol. The maximum Gasteiger partial charge on any atom is 0.255 e. The predicted molar refractivity (Wildman–Crippen MR) is 148 cm³/mol. The van der Waals surface area contributed by atoms with Crippen LogP contribution in [0.4, 0.5) is 28.8 Å². The van der Waals surface area contributed by atoms with E-state index in [-0.39, 0.29) is 5.91 Å². The molecule has 1 fully saturated rings. The highest BCUT2D eigenvalue weighted by atomic mass is 35.5. The van der Waals surface area contributed by atoms with Gasteiger partial charge in [-0.3, -0.25) is 4.79 Å². The first-order chi connectivity index (χ1) is 17.8. The molecule has 5 rings (SSSR count). The molecule has 2 aliphatic heterocycles. The number of aromatic nitrogens is 2. The van der Waals surface area contributed by atoms with Gasteiger partial charge in [0.25, 0.3) is 5.91 Å². The minimum Gasteiger partial charge on any atom is -0.494 e. The molecule has 3 aromatic rings. The molecule has 2 aliphatic rings. The number of benzene rings is 2. The number of carbonyl (C=O) groups excluding carboxylic acids is 1. The van der Waals surface area contributed by atoms with Gasteiger partial charge < -0.3 is 30.1 Å². The second-order valence-electron chi connectivity index (χ2n) is 9.69. The third kappa shape index (κ3) is 5.14. The van der Waals surface area contributed by atoms with Gasteiger partial charge in [0, 0.05) is 44.5 Å². The Kier molecular flexibility index (Phi) is 7.08. The van der Waals surface area contributed by atoms with Crippen LogP contribution in [0.3, 0.4) is 0 Å². The summed E-state index contributed by atoms with van der Waals surface area (Å²) in [5, 5.41) is 6.86. The minimum absolute atomic E-state index is 0.0207. The molecule has 0 radical (unpaired) electrons.